The van der Waals surface area contributed by atoms with E-state index in [2.05, 4.69) is 6.08 Å². The van der Waals surface area contributed by atoms with Gasteiger partial charge in [0, 0.05) is 18.0 Å². The lowest BCUT2D eigenvalue weighted by Crippen LogP contribution is -2.35. The van der Waals surface area contributed by atoms with Gasteiger partial charge in [-0.2, -0.15) is 0 Å². The van der Waals surface area contributed by atoms with Crippen molar-refractivity contribution < 1.29 is 14.3 Å². The van der Waals surface area contributed by atoms with Gasteiger partial charge in [0.15, 0.2) is 0 Å². The molecule has 0 atom stereocenters. The lowest BCUT2D eigenvalue weighted by Gasteiger charge is -2.23. The van der Waals surface area contributed by atoms with E-state index >= 15 is 0 Å². The first-order chi connectivity index (χ1) is 11.2. The van der Waals surface area contributed by atoms with Crippen molar-refractivity contribution in [2.24, 2.45) is 0 Å². The van der Waals surface area contributed by atoms with Crippen LogP contribution in [0.4, 0.5) is 0 Å². The van der Waals surface area contributed by atoms with Gasteiger partial charge in [0.05, 0.1) is 20.0 Å². The van der Waals surface area contributed by atoms with Crippen LogP contribution in [0.15, 0.2) is 29.2 Å². The Morgan fingerprint density at radius 1 is 1.30 bits per heavy atom. The molecule has 1 amide bonds. The first kappa shape index (κ1) is 17.7. The summed E-state index contributed by atoms with van der Waals surface area (Å²) in [6, 6.07) is 3.93. The van der Waals surface area contributed by atoms with Crippen molar-refractivity contribution in [2.45, 2.75) is 44.9 Å². The summed E-state index contributed by atoms with van der Waals surface area (Å²) in [7, 11) is 1.38. The summed E-state index contributed by atoms with van der Waals surface area (Å²) in [5.74, 6) is -0.177. The fourth-order valence-corrected chi connectivity index (χ4v) is 3.47. The zero-order chi connectivity index (χ0) is 16.5. The van der Waals surface area contributed by atoms with E-state index in [4.69, 9.17) is 4.74 Å². The van der Waals surface area contributed by atoms with Gasteiger partial charge < -0.3 is 9.64 Å². The minimum Gasteiger partial charge on any atom is -0.469 e. The number of rotatable bonds is 8. The van der Waals surface area contributed by atoms with Gasteiger partial charge in [0.25, 0.3) is 0 Å². The molecule has 126 valence electrons. The molecule has 0 spiro atoms. The van der Waals surface area contributed by atoms with Gasteiger partial charge in [-0.25, -0.2) is 0 Å². The summed E-state index contributed by atoms with van der Waals surface area (Å²) in [5, 5.41) is 1.98. The normalized spacial score (nSPS) is 14.2. The minimum absolute atomic E-state index is 0.0905. The number of methoxy groups -OCH3 is 1. The molecular formula is C18H25NO3S. The van der Waals surface area contributed by atoms with E-state index in [1.807, 2.05) is 22.4 Å². The first-order valence-electron chi connectivity index (χ1n) is 8.24. The van der Waals surface area contributed by atoms with Crippen molar-refractivity contribution in [3.63, 3.8) is 0 Å². The molecule has 4 nitrogen and oxygen atoms in total. The van der Waals surface area contributed by atoms with Gasteiger partial charge in [-0.05, 0) is 43.6 Å². The predicted molar refractivity (Wildman–Crippen MR) is 92.4 cm³/mol. The number of ether oxygens (including phenoxy) is 1. The molecule has 1 aliphatic rings. The predicted octanol–water partition coefficient (Wildman–Crippen LogP) is 3.57. The zero-order valence-corrected chi connectivity index (χ0v) is 14.6. The molecule has 0 aliphatic heterocycles. The van der Waals surface area contributed by atoms with Crippen LogP contribution in [0.1, 0.15) is 43.4 Å². The van der Waals surface area contributed by atoms with E-state index in [1.54, 1.807) is 11.3 Å². The zero-order valence-electron chi connectivity index (χ0n) is 13.8. The SMILES string of the molecule is COC(=O)CCN(CCC1=CCCCC1)C(=O)Cc1cccs1. The van der Waals surface area contributed by atoms with Gasteiger partial charge >= 0.3 is 5.97 Å². The maximum atomic E-state index is 12.5. The Balaban J connectivity index is 1.90. The monoisotopic (exact) mass is 335 g/mol. The van der Waals surface area contributed by atoms with Crippen molar-refractivity contribution in [3.8, 4) is 0 Å². The highest BCUT2D eigenvalue weighted by Crippen LogP contribution is 2.20. The number of esters is 1. The number of amides is 1. The third-order valence-electron chi connectivity index (χ3n) is 4.16. The smallest absolute Gasteiger partial charge is 0.307 e. The van der Waals surface area contributed by atoms with Gasteiger partial charge in [-0.3, -0.25) is 9.59 Å². The minimum atomic E-state index is -0.268. The van der Waals surface area contributed by atoms with Crippen molar-refractivity contribution in [3.05, 3.63) is 34.0 Å². The molecule has 1 aliphatic carbocycles. The van der Waals surface area contributed by atoms with Crippen LogP contribution in [-0.4, -0.2) is 37.0 Å². The van der Waals surface area contributed by atoms with Crippen LogP contribution < -0.4 is 0 Å². The van der Waals surface area contributed by atoms with E-state index in [1.165, 1.54) is 25.5 Å². The van der Waals surface area contributed by atoms with Gasteiger partial charge in [-0.1, -0.05) is 17.7 Å². The number of hydrogen-bond donors (Lipinski definition) is 0. The highest BCUT2D eigenvalue weighted by atomic mass is 32.1. The quantitative estimate of drug-likeness (QED) is 0.539. The van der Waals surface area contributed by atoms with Gasteiger partial charge in [0.2, 0.25) is 5.91 Å². The van der Waals surface area contributed by atoms with E-state index in [0.717, 1.165) is 24.1 Å². The third-order valence-corrected chi connectivity index (χ3v) is 5.04. The van der Waals surface area contributed by atoms with Crippen LogP contribution in [-0.2, 0) is 20.7 Å². The third kappa shape index (κ3) is 6.18. The summed E-state index contributed by atoms with van der Waals surface area (Å²) in [6.07, 6.45) is 8.71. The molecule has 2 rings (SSSR count). The van der Waals surface area contributed by atoms with Crippen LogP contribution >= 0.6 is 11.3 Å². The second kappa shape index (κ2) is 9.50. The summed E-state index contributed by atoms with van der Waals surface area (Å²) < 4.78 is 4.69. The lowest BCUT2D eigenvalue weighted by atomic mass is 9.97. The molecule has 23 heavy (non-hydrogen) atoms. The highest BCUT2D eigenvalue weighted by molar-refractivity contribution is 7.10. The molecule has 0 saturated carbocycles. The topological polar surface area (TPSA) is 46.6 Å². The second-order valence-corrected chi connectivity index (χ2v) is 6.85. The van der Waals surface area contributed by atoms with Crippen LogP contribution in [0.25, 0.3) is 0 Å². The van der Waals surface area contributed by atoms with Crippen molar-refractivity contribution in [1.29, 1.82) is 0 Å². The molecule has 0 aromatic carbocycles. The molecule has 0 N–H and O–H groups in total. The Bertz CT molecular complexity index is 536. The van der Waals surface area contributed by atoms with Gasteiger partial charge in [-0.15, -0.1) is 11.3 Å². The van der Waals surface area contributed by atoms with E-state index < -0.39 is 0 Å². The van der Waals surface area contributed by atoms with Gasteiger partial charge in [0.1, 0.15) is 0 Å². The molecule has 0 radical (unpaired) electrons. The molecule has 0 unspecified atom stereocenters. The van der Waals surface area contributed by atoms with Crippen molar-refractivity contribution in [2.75, 3.05) is 20.2 Å². The Morgan fingerprint density at radius 3 is 2.83 bits per heavy atom. The van der Waals surface area contributed by atoms with Crippen LogP contribution in [0.3, 0.4) is 0 Å². The Hall–Kier alpha value is -1.62. The van der Waals surface area contributed by atoms with Crippen LogP contribution in [0, 0.1) is 0 Å². The lowest BCUT2D eigenvalue weighted by molar-refractivity contribution is -0.141. The number of carbonyl (C=O) groups is 2. The number of hydrogen-bond acceptors (Lipinski definition) is 4. The Morgan fingerprint density at radius 2 is 2.17 bits per heavy atom. The summed E-state index contributed by atoms with van der Waals surface area (Å²) in [5.41, 5.74) is 1.45. The Kier molecular flexibility index (Phi) is 7.33. The maximum absolute atomic E-state index is 12.5. The standard InChI is InChI=1S/C18H25NO3S/c1-22-18(21)10-12-19(11-9-15-6-3-2-4-7-15)17(20)14-16-8-5-13-23-16/h5-6,8,13H,2-4,7,9-12,14H2,1H3. The summed E-state index contributed by atoms with van der Waals surface area (Å²) in [6.45, 7) is 1.12. The molecular weight excluding hydrogens is 310 g/mol. The molecule has 0 bridgehead atoms. The first-order valence-corrected chi connectivity index (χ1v) is 9.12. The summed E-state index contributed by atoms with van der Waals surface area (Å²) in [4.78, 5) is 26.8. The average molecular weight is 335 g/mol. The average Bonchev–Trinajstić information content (AvgIpc) is 3.08. The molecule has 1 aromatic rings. The van der Waals surface area contributed by atoms with Crippen LogP contribution in [0.2, 0.25) is 0 Å². The highest BCUT2D eigenvalue weighted by Gasteiger charge is 2.17. The van der Waals surface area contributed by atoms with E-state index in [0.29, 0.717) is 19.5 Å². The fourth-order valence-electron chi connectivity index (χ4n) is 2.77. The Labute approximate surface area is 142 Å². The summed E-state index contributed by atoms with van der Waals surface area (Å²) >= 11 is 1.59. The number of thiophene rings is 1. The van der Waals surface area contributed by atoms with E-state index in [-0.39, 0.29) is 18.3 Å². The van der Waals surface area contributed by atoms with Crippen LogP contribution in [0.5, 0.6) is 0 Å². The number of nitrogens with zero attached hydrogens (tertiary/aromatic N) is 1. The largest absolute Gasteiger partial charge is 0.469 e. The maximum Gasteiger partial charge on any atom is 0.307 e. The number of carbonyl (C=O) groups excluding carboxylic acids is 2. The molecule has 1 aromatic heterocycles. The molecule has 0 fully saturated rings. The van der Waals surface area contributed by atoms with Crippen molar-refractivity contribution in [1.82, 2.24) is 4.90 Å². The molecule has 1 heterocycles. The van der Waals surface area contributed by atoms with Crippen molar-refractivity contribution >= 4 is 23.2 Å². The fraction of sp³-hybridized carbons (Fsp3) is 0.556. The number of allylic oxidation sites excluding steroid dienone is 1. The molecule has 5 heteroatoms. The molecule has 0 saturated heterocycles. The van der Waals surface area contributed by atoms with E-state index in [9.17, 15) is 9.59 Å². The second-order valence-electron chi connectivity index (χ2n) is 5.82.